The van der Waals surface area contributed by atoms with Crippen molar-refractivity contribution in [3.8, 4) is 0 Å². The number of H-pyrrole nitrogens is 1. The molecule has 5 rings (SSSR count). The van der Waals surface area contributed by atoms with Gasteiger partial charge in [-0.05, 0) is 61.8 Å². The summed E-state index contributed by atoms with van der Waals surface area (Å²) in [4.78, 5) is 18.8. The summed E-state index contributed by atoms with van der Waals surface area (Å²) in [6.45, 7) is 0.934. The number of hydrogen-bond acceptors (Lipinski definition) is 5. The van der Waals surface area contributed by atoms with Gasteiger partial charge in [0.25, 0.3) is 5.56 Å². The molecule has 0 saturated carbocycles. The molecule has 6 heteroatoms. The average molecular weight is 399 g/mol. The van der Waals surface area contributed by atoms with Gasteiger partial charge in [0.15, 0.2) is 0 Å². The summed E-state index contributed by atoms with van der Waals surface area (Å²) in [6.07, 6.45) is 11.5. The highest BCUT2D eigenvalue weighted by Gasteiger charge is 2.38. The second-order valence-corrected chi connectivity index (χ2v) is 8.37. The van der Waals surface area contributed by atoms with Gasteiger partial charge >= 0.3 is 0 Å². The van der Waals surface area contributed by atoms with E-state index in [1.165, 1.54) is 11.1 Å². The molecule has 1 aliphatic heterocycles. The number of aromatic amines is 1. The third kappa shape index (κ3) is 3.23. The maximum Gasteiger partial charge on any atom is 0.272 e. The SMILES string of the molecule is CN(C)CC1=CCC(C2c3n[nH]c(=O)c4cccc(c34)NC2c2ccncc2)C=C1. The van der Waals surface area contributed by atoms with Crippen molar-refractivity contribution in [2.24, 2.45) is 5.92 Å². The van der Waals surface area contributed by atoms with Crippen LogP contribution in [-0.2, 0) is 0 Å². The minimum atomic E-state index is -0.147. The molecule has 3 heterocycles. The van der Waals surface area contributed by atoms with Crippen molar-refractivity contribution in [1.82, 2.24) is 20.1 Å². The van der Waals surface area contributed by atoms with Crippen LogP contribution in [0.25, 0.3) is 10.8 Å². The number of benzene rings is 1. The lowest BCUT2D eigenvalue weighted by Gasteiger charge is -2.38. The molecule has 2 N–H and O–H groups in total. The zero-order valence-corrected chi connectivity index (χ0v) is 17.2. The minimum absolute atomic E-state index is 0.0444. The quantitative estimate of drug-likeness (QED) is 0.701. The van der Waals surface area contributed by atoms with Gasteiger partial charge in [0.1, 0.15) is 0 Å². The molecule has 0 fully saturated rings. The molecule has 0 saturated heterocycles. The topological polar surface area (TPSA) is 73.9 Å². The molecule has 3 atom stereocenters. The van der Waals surface area contributed by atoms with E-state index < -0.39 is 0 Å². The first-order valence-corrected chi connectivity index (χ1v) is 10.3. The van der Waals surface area contributed by atoms with E-state index in [4.69, 9.17) is 0 Å². The van der Waals surface area contributed by atoms with E-state index in [0.29, 0.717) is 5.39 Å². The van der Waals surface area contributed by atoms with Crippen LogP contribution in [0.15, 0.2) is 71.3 Å². The summed E-state index contributed by atoms with van der Waals surface area (Å²) in [5, 5.41) is 12.7. The van der Waals surface area contributed by atoms with E-state index >= 15 is 0 Å². The Morgan fingerprint density at radius 2 is 2.00 bits per heavy atom. The predicted octanol–water partition coefficient (Wildman–Crippen LogP) is 3.63. The zero-order chi connectivity index (χ0) is 20.7. The Bertz CT molecular complexity index is 1200. The average Bonchev–Trinajstić information content (AvgIpc) is 2.77. The molecule has 0 amide bonds. The highest BCUT2D eigenvalue weighted by molar-refractivity contribution is 5.97. The van der Waals surface area contributed by atoms with Gasteiger partial charge in [0.05, 0.1) is 17.1 Å². The highest BCUT2D eigenvalue weighted by atomic mass is 16.1. The van der Waals surface area contributed by atoms with Gasteiger partial charge in [-0.2, -0.15) is 5.10 Å². The number of rotatable bonds is 4. The first kappa shape index (κ1) is 18.8. The molecule has 1 aromatic carbocycles. The van der Waals surface area contributed by atoms with Crippen LogP contribution in [0.4, 0.5) is 5.69 Å². The maximum absolute atomic E-state index is 12.4. The van der Waals surface area contributed by atoms with Crippen molar-refractivity contribution in [3.63, 3.8) is 0 Å². The molecule has 0 spiro atoms. The minimum Gasteiger partial charge on any atom is -0.377 e. The van der Waals surface area contributed by atoms with Crippen LogP contribution in [0, 0.1) is 5.92 Å². The van der Waals surface area contributed by atoms with Crippen LogP contribution in [-0.4, -0.2) is 40.7 Å². The Hall–Kier alpha value is -3.25. The Morgan fingerprint density at radius 3 is 2.73 bits per heavy atom. The fourth-order valence-corrected chi connectivity index (χ4v) is 4.76. The van der Waals surface area contributed by atoms with Gasteiger partial charge in [-0.15, -0.1) is 0 Å². The molecule has 2 aliphatic rings. The van der Waals surface area contributed by atoms with Crippen LogP contribution in [0.2, 0.25) is 0 Å². The molecule has 0 radical (unpaired) electrons. The molecular weight excluding hydrogens is 374 g/mol. The van der Waals surface area contributed by atoms with Crippen molar-refractivity contribution >= 4 is 16.5 Å². The molecule has 1 aliphatic carbocycles. The summed E-state index contributed by atoms with van der Waals surface area (Å²) < 4.78 is 0. The molecule has 2 aromatic heterocycles. The fraction of sp³-hybridized carbons (Fsp3) is 0.292. The van der Waals surface area contributed by atoms with Crippen molar-refractivity contribution < 1.29 is 0 Å². The van der Waals surface area contributed by atoms with Crippen molar-refractivity contribution in [1.29, 1.82) is 0 Å². The van der Waals surface area contributed by atoms with Gasteiger partial charge in [-0.1, -0.05) is 24.3 Å². The highest BCUT2D eigenvalue weighted by Crippen LogP contribution is 2.48. The monoisotopic (exact) mass is 399 g/mol. The van der Waals surface area contributed by atoms with E-state index in [9.17, 15) is 4.79 Å². The number of nitrogens with one attached hydrogen (secondary N) is 2. The third-order valence-corrected chi connectivity index (χ3v) is 6.06. The van der Waals surface area contributed by atoms with E-state index in [-0.39, 0.29) is 23.4 Å². The lowest BCUT2D eigenvalue weighted by atomic mass is 9.74. The molecule has 0 bridgehead atoms. The lowest BCUT2D eigenvalue weighted by Crippen LogP contribution is -2.31. The first-order chi connectivity index (χ1) is 14.6. The zero-order valence-electron chi connectivity index (χ0n) is 17.2. The summed E-state index contributed by atoms with van der Waals surface area (Å²) in [5.74, 6) is 0.367. The summed E-state index contributed by atoms with van der Waals surface area (Å²) in [6, 6.07) is 9.99. The number of anilines is 1. The number of hydrogen-bond donors (Lipinski definition) is 2. The normalized spacial score (nSPS) is 22.8. The predicted molar refractivity (Wildman–Crippen MR) is 120 cm³/mol. The van der Waals surface area contributed by atoms with Crippen LogP contribution < -0.4 is 10.9 Å². The van der Waals surface area contributed by atoms with E-state index in [1.807, 2.05) is 30.6 Å². The number of nitrogens with zero attached hydrogens (tertiary/aromatic N) is 3. The number of allylic oxidation sites excluding steroid dienone is 2. The Morgan fingerprint density at radius 1 is 1.17 bits per heavy atom. The van der Waals surface area contributed by atoms with E-state index in [0.717, 1.165) is 29.7 Å². The molecule has 3 aromatic rings. The number of likely N-dealkylation sites (N-methyl/N-ethyl adjacent to an activating group) is 1. The molecule has 3 unspecified atom stereocenters. The fourth-order valence-electron chi connectivity index (χ4n) is 4.76. The van der Waals surface area contributed by atoms with Gasteiger partial charge in [0, 0.05) is 35.9 Å². The van der Waals surface area contributed by atoms with Gasteiger partial charge in [0.2, 0.25) is 0 Å². The van der Waals surface area contributed by atoms with Crippen LogP contribution in [0.5, 0.6) is 0 Å². The van der Waals surface area contributed by atoms with Crippen molar-refractivity contribution in [3.05, 3.63) is 88.1 Å². The Kier molecular flexibility index (Phi) is 4.71. The van der Waals surface area contributed by atoms with E-state index in [1.54, 1.807) is 0 Å². The van der Waals surface area contributed by atoms with Crippen LogP contribution in [0.3, 0.4) is 0 Å². The second kappa shape index (κ2) is 7.54. The second-order valence-electron chi connectivity index (χ2n) is 8.37. The van der Waals surface area contributed by atoms with Crippen molar-refractivity contribution in [2.75, 3.05) is 26.0 Å². The van der Waals surface area contributed by atoms with Crippen LogP contribution in [0.1, 0.15) is 29.6 Å². The maximum atomic E-state index is 12.4. The number of aromatic nitrogens is 3. The smallest absolute Gasteiger partial charge is 0.272 e. The third-order valence-electron chi connectivity index (χ3n) is 6.06. The standard InChI is InChI=1S/C24H25N5O/c1-29(2)14-15-6-8-16(9-7-15)20-22(17-10-12-25-13-11-17)26-19-5-3-4-18-21(19)23(20)27-28-24(18)30/h3-8,10-13,16,20,22,26H,9,14H2,1-2H3,(H,28,30). The molecular formula is C24H25N5O. The Labute approximate surface area is 175 Å². The molecule has 6 nitrogen and oxygen atoms in total. The van der Waals surface area contributed by atoms with E-state index in [2.05, 4.69) is 69.9 Å². The molecule has 30 heavy (non-hydrogen) atoms. The summed E-state index contributed by atoms with van der Waals surface area (Å²) in [7, 11) is 4.17. The Balaban J connectivity index is 1.62. The summed E-state index contributed by atoms with van der Waals surface area (Å²) >= 11 is 0. The van der Waals surface area contributed by atoms with Gasteiger partial charge in [-0.25, -0.2) is 5.10 Å². The molecule has 152 valence electrons. The van der Waals surface area contributed by atoms with Gasteiger partial charge < -0.3 is 10.2 Å². The lowest BCUT2D eigenvalue weighted by molar-refractivity contribution is 0.425. The van der Waals surface area contributed by atoms with Crippen LogP contribution >= 0.6 is 0 Å². The first-order valence-electron chi connectivity index (χ1n) is 10.3. The van der Waals surface area contributed by atoms with Gasteiger partial charge in [-0.3, -0.25) is 9.78 Å². The van der Waals surface area contributed by atoms with Crippen molar-refractivity contribution in [2.45, 2.75) is 18.4 Å². The largest absolute Gasteiger partial charge is 0.377 e. The number of pyridine rings is 1. The summed E-state index contributed by atoms with van der Waals surface area (Å²) in [5.41, 5.74) is 4.27.